The molecule has 3 rings (SSSR count). The van der Waals surface area contributed by atoms with Crippen LogP contribution in [0.4, 0.5) is 11.4 Å². The second-order valence-electron chi connectivity index (χ2n) is 6.94. The molecule has 0 bridgehead atoms. The van der Waals surface area contributed by atoms with Gasteiger partial charge in [0.15, 0.2) is 0 Å². The first-order chi connectivity index (χ1) is 15.5. The van der Waals surface area contributed by atoms with Gasteiger partial charge in [0.1, 0.15) is 0 Å². The van der Waals surface area contributed by atoms with Gasteiger partial charge in [-0.15, -0.1) is 0 Å². The van der Waals surface area contributed by atoms with Gasteiger partial charge in [0.2, 0.25) is 0 Å². The summed E-state index contributed by atoms with van der Waals surface area (Å²) >= 11 is 0. The standard InChI is InChI=1S/C24H24N2O6/c1-30-22(27)15-9-11-17(12-10-15)26-21-14-18(23(28)31-2)20(13-19(21)24(29)32-3)25-16-7-5-4-6-8-16/h4-12,25-26H,13-14H2,1-3H3. The summed E-state index contributed by atoms with van der Waals surface area (Å²) in [5.41, 5.74) is 3.68. The molecule has 0 spiro atoms. The summed E-state index contributed by atoms with van der Waals surface area (Å²) < 4.78 is 14.7. The molecular formula is C24H24N2O6. The van der Waals surface area contributed by atoms with Crippen molar-refractivity contribution in [2.45, 2.75) is 12.8 Å². The Labute approximate surface area is 185 Å². The summed E-state index contributed by atoms with van der Waals surface area (Å²) in [6, 6.07) is 15.9. The first kappa shape index (κ1) is 22.6. The van der Waals surface area contributed by atoms with Crippen LogP contribution in [-0.2, 0) is 23.8 Å². The van der Waals surface area contributed by atoms with Gasteiger partial charge >= 0.3 is 17.9 Å². The summed E-state index contributed by atoms with van der Waals surface area (Å²) in [4.78, 5) is 36.7. The van der Waals surface area contributed by atoms with Crippen molar-refractivity contribution in [1.82, 2.24) is 0 Å². The van der Waals surface area contributed by atoms with Crippen molar-refractivity contribution in [3.8, 4) is 0 Å². The minimum Gasteiger partial charge on any atom is -0.466 e. The van der Waals surface area contributed by atoms with Crippen molar-refractivity contribution >= 4 is 29.3 Å². The fourth-order valence-corrected chi connectivity index (χ4v) is 3.33. The lowest BCUT2D eigenvalue weighted by molar-refractivity contribution is -0.137. The lowest BCUT2D eigenvalue weighted by atomic mass is 9.92. The van der Waals surface area contributed by atoms with Crippen LogP contribution >= 0.6 is 0 Å². The van der Waals surface area contributed by atoms with E-state index in [2.05, 4.69) is 10.6 Å². The molecule has 8 heteroatoms. The number of esters is 3. The number of anilines is 2. The number of benzene rings is 2. The molecule has 0 aromatic heterocycles. The van der Waals surface area contributed by atoms with Gasteiger partial charge in [0.25, 0.3) is 0 Å². The zero-order chi connectivity index (χ0) is 23.1. The zero-order valence-corrected chi connectivity index (χ0v) is 18.1. The van der Waals surface area contributed by atoms with Crippen LogP contribution < -0.4 is 10.6 Å². The Balaban J connectivity index is 1.93. The molecule has 0 amide bonds. The molecule has 0 fully saturated rings. The highest BCUT2D eigenvalue weighted by Gasteiger charge is 2.29. The van der Waals surface area contributed by atoms with Gasteiger partial charge in [-0.05, 0) is 36.4 Å². The normalized spacial score (nSPS) is 13.3. The van der Waals surface area contributed by atoms with Crippen LogP contribution in [0.2, 0.25) is 0 Å². The van der Waals surface area contributed by atoms with Gasteiger partial charge in [-0.25, -0.2) is 14.4 Å². The summed E-state index contributed by atoms with van der Waals surface area (Å²) in [6.07, 6.45) is 0.277. The quantitative estimate of drug-likeness (QED) is 0.501. The van der Waals surface area contributed by atoms with Crippen molar-refractivity contribution in [1.29, 1.82) is 0 Å². The number of nitrogens with one attached hydrogen (secondary N) is 2. The summed E-state index contributed by atoms with van der Waals surface area (Å²) in [5, 5.41) is 6.40. The van der Waals surface area contributed by atoms with Crippen LogP contribution in [0.5, 0.6) is 0 Å². The van der Waals surface area contributed by atoms with Crippen LogP contribution in [0.1, 0.15) is 23.2 Å². The largest absolute Gasteiger partial charge is 0.466 e. The molecule has 0 heterocycles. The van der Waals surface area contributed by atoms with Gasteiger partial charge in [-0.2, -0.15) is 0 Å². The molecule has 1 aliphatic carbocycles. The summed E-state index contributed by atoms with van der Waals surface area (Å²) in [5.74, 6) is -1.45. The van der Waals surface area contributed by atoms with E-state index in [1.165, 1.54) is 21.3 Å². The van der Waals surface area contributed by atoms with E-state index in [4.69, 9.17) is 14.2 Å². The first-order valence-electron chi connectivity index (χ1n) is 9.85. The Bertz CT molecular complexity index is 1070. The molecule has 2 aromatic carbocycles. The third kappa shape index (κ3) is 5.15. The molecule has 0 atom stereocenters. The molecule has 1 aliphatic rings. The molecule has 8 nitrogen and oxygen atoms in total. The highest BCUT2D eigenvalue weighted by molar-refractivity contribution is 5.96. The van der Waals surface area contributed by atoms with Gasteiger partial charge in [-0.3, -0.25) is 0 Å². The minimum atomic E-state index is -0.505. The van der Waals surface area contributed by atoms with E-state index in [0.29, 0.717) is 33.8 Å². The van der Waals surface area contributed by atoms with Gasteiger partial charge in [0.05, 0.1) is 38.0 Å². The second kappa shape index (κ2) is 10.3. The van der Waals surface area contributed by atoms with E-state index in [1.54, 1.807) is 24.3 Å². The number of hydrogen-bond acceptors (Lipinski definition) is 8. The van der Waals surface area contributed by atoms with Gasteiger partial charge in [-0.1, -0.05) is 18.2 Å². The molecule has 166 valence electrons. The lowest BCUT2D eigenvalue weighted by Crippen LogP contribution is -2.24. The van der Waals surface area contributed by atoms with E-state index in [9.17, 15) is 14.4 Å². The average Bonchev–Trinajstić information content (AvgIpc) is 2.84. The third-order valence-electron chi connectivity index (χ3n) is 4.97. The fraction of sp³-hybridized carbons (Fsp3) is 0.208. The smallest absolute Gasteiger partial charge is 0.337 e. The van der Waals surface area contributed by atoms with Crippen molar-refractivity contribution < 1.29 is 28.6 Å². The van der Waals surface area contributed by atoms with Crippen LogP contribution in [0, 0.1) is 0 Å². The van der Waals surface area contributed by atoms with Crippen LogP contribution in [0.25, 0.3) is 0 Å². The average molecular weight is 436 g/mol. The van der Waals surface area contributed by atoms with Crippen LogP contribution in [0.15, 0.2) is 77.1 Å². The first-order valence-corrected chi connectivity index (χ1v) is 9.85. The Morgan fingerprint density at radius 1 is 0.625 bits per heavy atom. The third-order valence-corrected chi connectivity index (χ3v) is 4.97. The van der Waals surface area contributed by atoms with Crippen molar-refractivity contribution in [3.63, 3.8) is 0 Å². The fourth-order valence-electron chi connectivity index (χ4n) is 3.33. The van der Waals surface area contributed by atoms with E-state index in [1.807, 2.05) is 30.3 Å². The molecule has 0 unspecified atom stereocenters. The maximum absolute atomic E-state index is 12.5. The van der Waals surface area contributed by atoms with Crippen LogP contribution in [0.3, 0.4) is 0 Å². The Morgan fingerprint density at radius 3 is 1.50 bits per heavy atom. The molecular weight excluding hydrogens is 412 g/mol. The second-order valence-corrected chi connectivity index (χ2v) is 6.94. The van der Waals surface area contributed by atoms with Crippen molar-refractivity contribution in [2.24, 2.45) is 0 Å². The maximum atomic E-state index is 12.5. The molecule has 2 N–H and O–H groups in total. The number of methoxy groups -OCH3 is 3. The Hall–Kier alpha value is -4.07. The molecule has 2 aromatic rings. The highest BCUT2D eigenvalue weighted by Crippen LogP contribution is 2.33. The maximum Gasteiger partial charge on any atom is 0.337 e. The number of carbonyl (C=O) groups excluding carboxylic acids is 3. The molecule has 0 radical (unpaired) electrons. The van der Waals surface area contributed by atoms with Crippen molar-refractivity contribution in [2.75, 3.05) is 32.0 Å². The molecule has 0 aliphatic heterocycles. The summed E-state index contributed by atoms with van der Waals surface area (Å²) in [7, 11) is 3.93. The lowest BCUT2D eigenvalue weighted by Gasteiger charge is -2.25. The number of allylic oxidation sites excluding steroid dienone is 2. The van der Waals surface area contributed by atoms with E-state index in [-0.39, 0.29) is 12.8 Å². The number of ether oxygens (including phenoxy) is 3. The minimum absolute atomic E-state index is 0.130. The predicted octanol–water partition coefficient (Wildman–Crippen LogP) is 3.65. The highest BCUT2D eigenvalue weighted by atomic mass is 16.5. The molecule has 32 heavy (non-hydrogen) atoms. The Kier molecular flexibility index (Phi) is 7.28. The van der Waals surface area contributed by atoms with Gasteiger partial charge in [0, 0.05) is 35.6 Å². The summed E-state index contributed by atoms with van der Waals surface area (Å²) in [6.45, 7) is 0. The van der Waals surface area contributed by atoms with E-state index in [0.717, 1.165) is 5.69 Å². The van der Waals surface area contributed by atoms with E-state index >= 15 is 0 Å². The number of carbonyl (C=O) groups is 3. The van der Waals surface area contributed by atoms with E-state index < -0.39 is 17.9 Å². The SMILES string of the molecule is COC(=O)C1=C(Nc2ccccc2)CC(C(=O)OC)=C(Nc2ccc(C(=O)OC)cc2)C1. The molecule has 0 saturated heterocycles. The predicted molar refractivity (Wildman–Crippen MR) is 119 cm³/mol. The van der Waals surface area contributed by atoms with Gasteiger partial charge < -0.3 is 24.8 Å². The zero-order valence-electron chi connectivity index (χ0n) is 18.1. The Morgan fingerprint density at radius 2 is 1.06 bits per heavy atom. The number of para-hydroxylation sites is 1. The van der Waals surface area contributed by atoms with Crippen molar-refractivity contribution in [3.05, 3.63) is 82.7 Å². The molecule has 0 saturated carbocycles. The number of rotatable bonds is 7. The monoisotopic (exact) mass is 436 g/mol. The van der Waals surface area contributed by atoms with Crippen LogP contribution in [-0.4, -0.2) is 39.2 Å². The number of hydrogen-bond donors (Lipinski definition) is 2. The topological polar surface area (TPSA) is 103 Å².